The van der Waals surface area contributed by atoms with Crippen LogP contribution in [-0.4, -0.2) is 14.5 Å². The highest BCUT2D eigenvalue weighted by Gasteiger charge is 2.38. The van der Waals surface area contributed by atoms with Crippen LogP contribution in [0.5, 0.6) is 0 Å². The number of rotatable bonds is 3. The number of aromatic nitrogens is 3. The van der Waals surface area contributed by atoms with E-state index in [0.717, 1.165) is 61.1 Å². The SMILES string of the molecule is CC1(C)CCC(C)(C)c2cc3c(cc21)c1c2ccccc2c2ccccc2c1n3-c1cccc(-c2nc(-c3ccc4c(c3)oc3ccccc34)c3c(n2)sc2ccccc23)c1. The van der Waals surface area contributed by atoms with E-state index in [4.69, 9.17) is 14.4 Å². The van der Waals surface area contributed by atoms with Crippen molar-refractivity contribution in [3.8, 4) is 28.3 Å². The van der Waals surface area contributed by atoms with Crippen molar-refractivity contribution >= 4 is 96.9 Å². The summed E-state index contributed by atoms with van der Waals surface area (Å²) in [4.78, 5) is 11.8. The quantitative estimate of drug-likeness (QED) is 0.167. The molecule has 4 heterocycles. The van der Waals surface area contributed by atoms with E-state index < -0.39 is 0 Å². The summed E-state index contributed by atoms with van der Waals surface area (Å²) in [5, 5.41) is 12.2. The number of benzene rings is 8. The maximum atomic E-state index is 6.41. The number of hydrogen-bond acceptors (Lipinski definition) is 4. The third-order valence-corrected chi connectivity index (χ3v) is 14.9. The maximum Gasteiger partial charge on any atom is 0.161 e. The van der Waals surface area contributed by atoms with Gasteiger partial charge >= 0.3 is 0 Å². The Labute approximate surface area is 356 Å². The third kappa shape index (κ3) is 4.98. The van der Waals surface area contributed by atoms with Gasteiger partial charge in [0.2, 0.25) is 0 Å². The lowest BCUT2D eigenvalue weighted by Gasteiger charge is -2.42. The highest BCUT2D eigenvalue weighted by Crippen LogP contribution is 2.51. The van der Waals surface area contributed by atoms with Crippen LogP contribution < -0.4 is 0 Å². The standard InChI is InChI=1S/C56H41N3OS/c1-55(2)26-27-56(3,4)44-31-45-42(30-43(44)55)49-39-19-7-5-16-35(39)36-17-6-8-20-40(36)52(49)59(45)34-15-13-14-33(28-34)53-57-51(50-41-21-10-12-23-48(41)61-54(50)58-53)32-24-25-38-37-18-9-11-22-46(37)60-47(38)29-32/h5-25,28-31H,26-27H2,1-4H3. The fourth-order valence-corrected chi connectivity index (χ4v) is 11.7. The molecule has 0 atom stereocenters. The van der Waals surface area contributed by atoms with Crippen LogP contribution >= 0.6 is 11.3 Å². The second-order valence-corrected chi connectivity index (χ2v) is 19.4. The van der Waals surface area contributed by atoms with Gasteiger partial charge in [0.05, 0.1) is 16.7 Å². The van der Waals surface area contributed by atoms with Crippen LogP contribution in [0.15, 0.2) is 156 Å². The smallest absolute Gasteiger partial charge is 0.161 e. The lowest BCUT2D eigenvalue weighted by molar-refractivity contribution is 0.332. The molecule has 0 aliphatic heterocycles. The summed E-state index contributed by atoms with van der Waals surface area (Å²) < 4.78 is 10.1. The maximum absolute atomic E-state index is 6.41. The summed E-state index contributed by atoms with van der Waals surface area (Å²) in [6, 6.07) is 55.3. The lowest BCUT2D eigenvalue weighted by atomic mass is 9.63. The molecule has 5 heteroatoms. The molecule has 8 aromatic carbocycles. The van der Waals surface area contributed by atoms with Gasteiger partial charge in [-0.05, 0) is 99.5 Å². The zero-order valence-electron chi connectivity index (χ0n) is 34.5. The molecule has 292 valence electrons. The highest BCUT2D eigenvalue weighted by atomic mass is 32.1. The van der Waals surface area contributed by atoms with Crippen molar-refractivity contribution in [2.75, 3.05) is 0 Å². The first kappa shape index (κ1) is 35.0. The normalized spacial score (nSPS) is 15.0. The molecule has 0 radical (unpaired) electrons. The molecule has 4 nitrogen and oxygen atoms in total. The van der Waals surface area contributed by atoms with Gasteiger partial charge in [-0.2, -0.15) is 0 Å². The van der Waals surface area contributed by atoms with Gasteiger partial charge in [0, 0.05) is 59.2 Å². The highest BCUT2D eigenvalue weighted by molar-refractivity contribution is 7.25. The van der Waals surface area contributed by atoms with Gasteiger partial charge < -0.3 is 8.98 Å². The summed E-state index contributed by atoms with van der Waals surface area (Å²) in [5.41, 5.74) is 11.3. The van der Waals surface area contributed by atoms with Gasteiger partial charge in [-0.3, -0.25) is 0 Å². The summed E-state index contributed by atoms with van der Waals surface area (Å²) in [6.45, 7) is 9.71. The van der Waals surface area contributed by atoms with Crippen LogP contribution in [-0.2, 0) is 10.8 Å². The number of furan rings is 1. The topological polar surface area (TPSA) is 43.9 Å². The molecule has 61 heavy (non-hydrogen) atoms. The van der Waals surface area contributed by atoms with E-state index in [2.05, 4.69) is 172 Å². The Hall–Kier alpha value is -6.82. The summed E-state index contributed by atoms with van der Waals surface area (Å²) in [6.07, 6.45) is 2.32. The molecule has 0 unspecified atom stereocenters. The Morgan fingerprint density at radius 1 is 0.508 bits per heavy atom. The predicted molar refractivity (Wildman–Crippen MR) is 258 cm³/mol. The van der Waals surface area contributed by atoms with Gasteiger partial charge in [0.25, 0.3) is 0 Å². The largest absolute Gasteiger partial charge is 0.456 e. The molecule has 0 bridgehead atoms. The second kappa shape index (κ2) is 12.4. The summed E-state index contributed by atoms with van der Waals surface area (Å²) in [5.74, 6) is 0.706. The van der Waals surface area contributed by atoms with E-state index in [1.165, 1.54) is 71.0 Å². The van der Waals surface area contributed by atoms with Gasteiger partial charge in [-0.15, -0.1) is 11.3 Å². The number of hydrogen-bond donors (Lipinski definition) is 0. The van der Waals surface area contributed by atoms with Crippen molar-refractivity contribution in [3.05, 3.63) is 163 Å². The minimum Gasteiger partial charge on any atom is -0.456 e. The van der Waals surface area contributed by atoms with Gasteiger partial charge in [-0.25, -0.2) is 9.97 Å². The van der Waals surface area contributed by atoms with Crippen molar-refractivity contribution in [2.24, 2.45) is 0 Å². The molecule has 13 rings (SSSR count). The first-order valence-electron chi connectivity index (χ1n) is 21.4. The van der Waals surface area contributed by atoms with Gasteiger partial charge in [0.1, 0.15) is 16.0 Å². The Morgan fingerprint density at radius 2 is 1.16 bits per heavy atom. The molecule has 0 fully saturated rings. The van der Waals surface area contributed by atoms with E-state index in [0.29, 0.717) is 5.82 Å². The van der Waals surface area contributed by atoms with Crippen molar-refractivity contribution < 1.29 is 4.42 Å². The van der Waals surface area contributed by atoms with Gasteiger partial charge in [-0.1, -0.05) is 131 Å². The molecule has 0 saturated carbocycles. The van der Waals surface area contributed by atoms with Crippen LogP contribution in [0.2, 0.25) is 0 Å². The summed E-state index contributed by atoms with van der Waals surface area (Å²) in [7, 11) is 0. The minimum atomic E-state index is 0.0571. The number of para-hydroxylation sites is 1. The number of fused-ring (bicyclic) bond motifs is 15. The van der Waals surface area contributed by atoms with Crippen molar-refractivity contribution in [2.45, 2.75) is 51.4 Å². The molecule has 0 amide bonds. The zero-order chi connectivity index (χ0) is 40.8. The second-order valence-electron chi connectivity index (χ2n) is 18.4. The minimum absolute atomic E-state index is 0.0571. The van der Waals surface area contributed by atoms with Crippen LogP contribution in [0.4, 0.5) is 0 Å². The molecule has 0 N–H and O–H groups in total. The monoisotopic (exact) mass is 803 g/mol. The number of nitrogens with zero attached hydrogens (tertiary/aromatic N) is 3. The van der Waals surface area contributed by atoms with Crippen molar-refractivity contribution in [1.82, 2.24) is 14.5 Å². The van der Waals surface area contributed by atoms with E-state index >= 15 is 0 Å². The first-order chi connectivity index (χ1) is 29.7. The molecule has 1 aliphatic rings. The average molecular weight is 804 g/mol. The lowest BCUT2D eigenvalue weighted by Crippen LogP contribution is -2.33. The molecule has 0 saturated heterocycles. The Kier molecular flexibility index (Phi) is 7.10. The van der Waals surface area contributed by atoms with Crippen LogP contribution in [0.3, 0.4) is 0 Å². The predicted octanol–water partition coefficient (Wildman–Crippen LogP) is 15.8. The van der Waals surface area contributed by atoms with E-state index in [9.17, 15) is 0 Å². The third-order valence-electron chi connectivity index (χ3n) is 13.9. The molecule has 1 aliphatic carbocycles. The Bertz CT molecular complexity index is 3840. The van der Waals surface area contributed by atoms with Crippen molar-refractivity contribution in [1.29, 1.82) is 0 Å². The molecular formula is C56H41N3OS. The summed E-state index contributed by atoms with van der Waals surface area (Å²) >= 11 is 1.73. The average Bonchev–Trinajstić information content (AvgIpc) is 3.97. The van der Waals surface area contributed by atoms with E-state index in [1.54, 1.807) is 11.3 Å². The fraction of sp³-hybridized carbons (Fsp3) is 0.143. The van der Waals surface area contributed by atoms with Crippen LogP contribution in [0.1, 0.15) is 51.7 Å². The van der Waals surface area contributed by atoms with E-state index in [1.807, 2.05) is 12.1 Å². The first-order valence-corrected chi connectivity index (χ1v) is 22.2. The van der Waals surface area contributed by atoms with Crippen molar-refractivity contribution in [3.63, 3.8) is 0 Å². The molecule has 4 aromatic heterocycles. The molecular weight excluding hydrogens is 763 g/mol. The van der Waals surface area contributed by atoms with Crippen LogP contribution in [0, 0.1) is 0 Å². The fourth-order valence-electron chi connectivity index (χ4n) is 10.6. The zero-order valence-corrected chi connectivity index (χ0v) is 35.3. The number of thiophene rings is 1. The molecule has 0 spiro atoms. The Balaban J connectivity index is 1.10. The Morgan fingerprint density at radius 3 is 1.97 bits per heavy atom. The van der Waals surface area contributed by atoms with Gasteiger partial charge in [0.15, 0.2) is 5.82 Å². The van der Waals surface area contributed by atoms with Crippen LogP contribution in [0.25, 0.3) is 114 Å². The van der Waals surface area contributed by atoms with E-state index in [-0.39, 0.29) is 10.8 Å². The molecule has 12 aromatic rings.